The lowest BCUT2D eigenvalue weighted by Gasteiger charge is -2.28. The number of fused-ring (bicyclic) bond motifs is 1. The van der Waals surface area contributed by atoms with Gasteiger partial charge in [-0.3, -0.25) is 4.68 Å². The van der Waals surface area contributed by atoms with Crippen molar-refractivity contribution >= 4 is 5.82 Å². The van der Waals surface area contributed by atoms with E-state index >= 15 is 0 Å². The van der Waals surface area contributed by atoms with Crippen LogP contribution in [0.25, 0.3) is 0 Å². The zero-order chi connectivity index (χ0) is 14.8. The molecule has 1 atom stereocenters. The van der Waals surface area contributed by atoms with Crippen molar-refractivity contribution in [3.05, 3.63) is 41.3 Å². The van der Waals surface area contributed by atoms with E-state index in [1.165, 1.54) is 0 Å². The summed E-state index contributed by atoms with van der Waals surface area (Å²) in [5.41, 5.74) is 1.99. The Kier molecular flexibility index (Phi) is 3.56. The fourth-order valence-corrected chi connectivity index (χ4v) is 2.38. The van der Waals surface area contributed by atoms with Crippen LogP contribution in [-0.2, 0) is 13.1 Å². The molecular weight excluding hydrogens is 270 g/mol. The summed E-state index contributed by atoms with van der Waals surface area (Å²) in [7, 11) is 0. The summed E-state index contributed by atoms with van der Waals surface area (Å²) in [5, 5.41) is 31.7. The lowest BCUT2D eigenvalue weighted by Crippen LogP contribution is -2.34. The molecule has 1 aliphatic rings. The van der Waals surface area contributed by atoms with Gasteiger partial charge in [0.25, 0.3) is 0 Å². The van der Waals surface area contributed by atoms with E-state index in [9.17, 15) is 5.11 Å². The van der Waals surface area contributed by atoms with E-state index in [1.807, 2.05) is 16.8 Å². The van der Waals surface area contributed by atoms with Gasteiger partial charge < -0.3 is 15.1 Å². The normalized spacial score (nSPS) is 15.4. The predicted molar refractivity (Wildman–Crippen MR) is 74.3 cm³/mol. The molecular formula is C14H15N5O2. The molecule has 0 aliphatic carbocycles. The first-order valence-corrected chi connectivity index (χ1v) is 6.68. The van der Waals surface area contributed by atoms with E-state index < -0.39 is 6.10 Å². The van der Waals surface area contributed by atoms with Crippen molar-refractivity contribution in [1.29, 1.82) is 5.26 Å². The van der Waals surface area contributed by atoms with Crippen LogP contribution in [0.15, 0.2) is 24.4 Å². The average molecular weight is 285 g/mol. The Hall–Kier alpha value is -2.43. The first kappa shape index (κ1) is 13.5. The Balaban J connectivity index is 1.80. The van der Waals surface area contributed by atoms with Gasteiger partial charge in [0.1, 0.15) is 18.0 Å². The number of nitriles is 1. The minimum Gasteiger partial charge on any atom is -0.393 e. The highest BCUT2D eigenvalue weighted by Crippen LogP contribution is 2.21. The van der Waals surface area contributed by atoms with Crippen molar-refractivity contribution in [2.24, 2.45) is 0 Å². The van der Waals surface area contributed by atoms with Gasteiger partial charge in [0.05, 0.1) is 36.6 Å². The van der Waals surface area contributed by atoms with Gasteiger partial charge in [0.15, 0.2) is 0 Å². The fraction of sp³-hybridized carbons (Fsp3) is 0.357. The maximum Gasteiger partial charge on any atom is 0.128 e. The summed E-state index contributed by atoms with van der Waals surface area (Å²) in [6.07, 6.45) is 0.618. The molecule has 0 amide bonds. The van der Waals surface area contributed by atoms with Crippen LogP contribution in [0.1, 0.15) is 23.1 Å². The molecule has 2 aromatic heterocycles. The molecule has 1 aliphatic heterocycles. The minimum absolute atomic E-state index is 0.336. The summed E-state index contributed by atoms with van der Waals surface area (Å²) in [4.78, 5) is 6.38. The predicted octanol–water partition coefficient (Wildman–Crippen LogP) is 0.196. The van der Waals surface area contributed by atoms with Crippen LogP contribution in [0, 0.1) is 11.3 Å². The number of rotatable bonds is 3. The quantitative estimate of drug-likeness (QED) is 0.835. The van der Waals surface area contributed by atoms with Gasteiger partial charge in [0, 0.05) is 12.7 Å². The van der Waals surface area contributed by atoms with Crippen LogP contribution in [0.3, 0.4) is 0 Å². The zero-order valence-corrected chi connectivity index (χ0v) is 11.3. The highest BCUT2D eigenvalue weighted by atomic mass is 16.3. The number of aliphatic hydroxyl groups excluding tert-OH is 2. The fourth-order valence-electron chi connectivity index (χ4n) is 2.38. The minimum atomic E-state index is -0.940. The van der Waals surface area contributed by atoms with E-state index in [2.05, 4.69) is 15.0 Å². The Bertz CT molecular complexity index is 674. The molecule has 21 heavy (non-hydrogen) atoms. The standard InChI is InChI=1S/C14H15N5O2/c15-6-10-1-2-14(16-7-10)18-3-4-19-11(8-18)5-12(17-19)13(21)9-20/h1-2,5,7,13,20-21H,3-4,8-9H2/t13-/m0/s1. The van der Waals surface area contributed by atoms with Gasteiger partial charge in [-0.05, 0) is 18.2 Å². The average Bonchev–Trinajstić information content (AvgIpc) is 2.97. The molecule has 7 heteroatoms. The maximum absolute atomic E-state index is 9.64. The summed E-state index contributed by atoms with van der Waals surface area (Å²) in [6, 6.07) is 7.42. The van der Waals surface area contributed by atoms with Crippen molar-refractivity contribution in [3.63, 3.8) is 0 Å². The topological polar surface area (TPSA) is 98.2 Å². The SMILES string of the molecule is N#Cc1ccc(N2CCn3nc([C@@H](O)CO)cc3C2)nc1. The van der Waals surface area contributed by atoms with Gasteiger partial charge >= 0.3 is 0 Å². The highest BCUT2D eigenvalue weighted by molar-refractivity contribution is 5.43. The lowest BCUT2D eigenvalue weighted by molar-refractivity contribution is 0.0916. The number of aliphatic hydroxyl groups is 2. The van der Waals surface area contributed by atoms with E-state index in [4.69, 9.17) is 10.4 Å². The second-order valence-electron chi connectivity index (χ2n) is 4.92. The van der Waals surface area contributed by atoms with Gasteiger partial charge in [-0.2, -0.15) is 10.4 Å². The molecule has 0 radical (unpaired) electrons. The van der Waals surface area contributed by atoms with Crippen LogP contribution < -0.4 is 4.90 Å². The largest absolute Gasteiger partial charge is 0.393 e. The highest BCUT2D eigenvalue weighted by Gasteiger charge is 2.21. The molecule has 0 unspecified atom stereocenters. The van der Waals surface area contributed by atoms with Crippen LogP contribution in [0.2, 0.25) is 0 Å². The third kappa shape index (κ3) is 2.59. The maximum atomic E-state index is 9.64. The number of pyridine rings is 1. The first-order valence-electron chi connectivity index (χ1n) is 6.68. The molecule has 2 aromatic rings. The molecule has 7 nitrogen and oxygen atoms in total. The van der Waals surface area contributed by atoms with Crippen molar-refractivity contribution in [1.82, 2.24) is 14.8 Å². The summed E-state index contributed by atoms with van der Waals surface area (Å²) in [5.74, 6) is 0.811. The third-order valence-electron chi connectivity index (χ3n) is 3.53. The lowest BCUT2D eigenvalue weighted by atomic mass is 10.2. The molecule has 0 fully saturated rings. The smallest absolute Gasteiger partial charge is 0.128 e. The molecule has 0 bridgehead atoms. The van der Waals surface area contributed by atoms with Gasteiger partial charge in [0.2, 0.25) is 0 Å². The van der Waals surface area contributed by atoms with Crippen LogP contribution in [0.5, 0.6) is 0 Å². The molecule has 3 heterocycles. The third-order valence-corrected chi connectivity index (χ3v) is 3.53. The van der Waals surface area contributed by atoms with Crippen LogP contribution in [0.4, 0.5) is 5.82 Å². The zero-order valence-electron chi connectivity index (χ0n) is 11.3. The Morgan fingerprint density at radius 3 is 2.90 bits per heavy atom. The second kappa shape index (κ2) is 5.52. The number of hydrogen-bond acceptors (Lipinski definition) is 6. The monoisotopic (exact) mass is 285 g/mol. The molecule has 2 N–H and O–H groups in total. The van der Waals surface area contributed by atoms with Crippen LogP contribution >= 0.6 is 0 Å². The number of aromatic nitrogens is 3. The molecule has 0 saturated carbocycles. The van der Waals surface area contributed by atoms with Gasteiger partial charge in [-0.1, -0.05) is 0 Å². The van der Waals surface area contributed by atoms with E-state index in [0.29, 0.717) is 24.3 Å². The van der Waals surface area contributed by atoms with E-state index in [0.717, 1.165) is 18.1 Å². The van der Waals surface area contributed by atoms with Crippen molar-refractivity contribution in [2.45, 2.75) is 19.2 Å². The van der Waals surface area contributed by atoms with Crippen LogP contribution in [-0.4, -0.2) is 38.1 Å². The Morgan fingerprint density at radius 1 is 1.38 bits per heavy atom. The number of nitrogens with zero attached hydrogens (tertiary/aromatic N) is 5. The molecule has 0 aromatic carbocycles. The van der Waals surface area contributed by atoms with Crippen molar-refractivity contribution in [3.8, 4) is 6.07 Å². The van der Waals surface area contributed by atoms with Crippen molar-refractivity contribution in [2.75, 3.05) is 18.1 Å². The summed E-state index contributed by atoms with van der Waals surface area (Å²) >= 11 is 0. The molecule has 3 rings (SSSR count). The number of hydrogen-bond donors (Lipinski definition) is 2. The van der Waals surface area contributed by atoms with E-state index in [1.54, 1.807) is 18.3 Å². The Labute approximate surface area is 121 Å². The Morgan fingerprint density at radius 2 is 2.24 bits per heavy atom. The molecule has 108 valence electrons. The first-order chi connectivity index (χ1) is 10.2. The number of anilines is 1. The second-order valence-corrected chi connectivity index (χ2v) is 4.92. The summed E-state index contributed by atoms with van der Waals surface area (Å²) < 4.78 is 1.84. The van der Waals surface area contributed by atoms with Gasteiger partial charge in [-0.15, -0.1) is 0 Å². The van der Waals surface area contributed by atoms with E-state index in [-0.39, 0.29) is 6.61 Å². The molecule has 0 saturated heterocycles. The summed E-state index contributed by atoms with van der Waals surface area (Å²) in [6.45, 7) is 1.73. The van der Waals surface area contributed by atoms with Crippen molar-refractivity contribution < 1.29 is 10.2 Å². The van der Waals surface area contributed by atoms with Gasteiger partial charge in [-0.25, -0.2) is 4.98 Å². The molecule has 0 spiro atoms.